The Kier molecular flexibility index (Phi) is 4.23. The van der Waals surface area contributed by atoms with Gasteiger partial charge in [-0.2, -0.15) is 0 Å². The average Bonchev–Trinajstić information content (AvgIpc) is 2.39. The van der Waals surface area contributed by atoms with E-state index in [4.69, 9.17) is 4.74 Å². The third kappa shape index (κ3) is 2.80. The summed E-state index contributed by atoms with van der Waals surface area (Å²) >= 11 is 0. The first-order chi connectivity index (χ1) is 9.08. The SMILES string of the molecule is CCOC(=O)[C@@]1(c2ccc(F)cc2)CCC[C@H](C)C1. The molecule has 104 valence electrons. The lowest BCUT2D eigenvalue weighted by molar-refractivity contribution is -0.152. The van der Waals surface area contributed by atoms with E-state index in [1.165, 1.54) is 12.1 Å². The van der Waals surface area contributed by atoms with E-state index in [0.717, 1.165) is 31.2 Å². The van der Waals surface area contributed by atoms with Crippen LogP contribution in [0, 0.1) is 11.7 Å². The lowest BCUT2D eigenvalue weighted by Crippen LogP contribution is -2.41. The lowest BCUT2D eigenvalue weighted by Gasteiger charge is -2.38. The normalized spacial score (nSPS) is 27.0. The standard InChI is InChI=1S/C16H21FO2/c1-3-19-15(18)16(10-4-5-12(2)11-16)13-6-8-14(17)9-7-13/h6-9,12H,3-5,10-11H2,1-2H3/t12-,16-/m0/s1. The predicted octanol–water partition coefficient (Wildman–Crippen LogP) is 3.84. The second kappa shape index (κ2) is 5.72. The molecule has 1 aromatic rings. The van der Waals surface area contributed by atoms with Gasteiger partial charge in [0.05, 0.1) is 12.0 Å². The fourth-order valence-corrected chi connectivity index (χ4v) is 3.15. The van der Waals surface area contributed by atoms with Crippen molar-refractivity contribution in [3.63, 3.8) is 0 Å². The van der Waals surface area contributed by atoms with Crippen LogP contribution in [0.5, 0.6) is 0 Å². The van der Waals surface area contributed by atoms with Crippen LogP contribution in [0.25, 0.3) is 0 Å². The molecule has 0 aliphatic heterocycles. The van der Waals surface area contributed by atoms with E-state index < -0.39 is 5.41 Å². The van der Waals surface area contributed by atoms with Gasteiger partial charge in [0.1, 0.15) is 5.82 Å². The van der Waals surface area contributed by atoms with Gasteiger partial charge >= 0.3 is 5.97 Å². The number of carbonyl (C=O) groups excluding carboxylic acids is 1. The molecular formula is C16H21FO2. The van der Waals surface area contributed by atoms with Crippen molar-refractivity contribution in [3.8, 4) is 0 Å². The van der Waals surface area contributed by atoms with Gasteiger partial charge in [0.2, 0.25) is 0 Å². The van der Waals surface area contributed by atoms with E-state index in [1.807, 2.05) is 6.92 Å². The van der Waals surface area contributed by atoms with E-state index in [0.29, 0.717) is 12.5 Å². The molecule has 0 unspecified atom stereocenters. The maximum absolute atomic E-state index is 13.1. The first kappa shape index (κ1) is 14.0. The van der Waals surface area contributed by atoms with Gasteiger partial charge in [-0.1, -0.05) is 31.9 Å². The Morgan fingerprint density at radius 3 is 2.68 bits per heavy atom. The van der Waals surface area contributed by atoms with Gasteiger partial charge in [-0.3, -0.25) is 4.79 Å². The second-order valence-electron chi connectivity index (χ2n) is 5.51. The highest BCUT2D eigenvalue weighted by Crippen LogP contribution is 2.43. The molecular weight excluding hydrogens is 243 g/mol. The van der Waals surface area contributed by atoms with Crippen LogP contribution in [-0.2, 0) is 14.9 Å². The highest BCUT2D eigenvalue weighted by molar-refractivity contribution is 5.83. The molecule has 3 heteroatoms. The lowest BCUT2D eigenvalue weighted by atomic mass is 9.66. The van der Waals surface area contributed by atoms with E-state index in [-0.39, 0.29) is 11.8 Å². The zero-order valence-corrected chi connectivity index (χ0v) is 11.6. The van der Waals surface area contributed by atoms with Crippen LogP contribution in [0.4, 0.5) is 4.39 Å². The zero-order chi connectivity index (χ0) is 13.9. The summed E-state index contributed by atoms with van der Waals surface area (Å²) in [7, 11) is 0. The molecule has 19 heavy (non-hydrogen) atoms. The summed E-state index contributed by atoms with van der Waals surface area (Å²) in [6, 6.07) is 6.31. The van der Waals surface area contributed by atoms with Crippen molar-refractivity contribution < 1.29 is 13.9 Å². The molecule has 0 bridgehead atoms. The molecule has 0 saturated heterocycles. The van der Waals surface area contributed by atoms with Crippen LogP contribution >= 0.6 is 0 Å². The molecule has 1 aromatic carbocycles. The molecule has 2 nitrogen and oxygen atoms in total. The minimum absolute atomic E-state index is 0.159. The summed E-state index contributed by atoms with van der Waals surface area (Å²) in [4.78, 5) is 12.4. The highest BCUT2D eigenvalue weighted by atomic mass is 19.1. The topological polar surface area (TPSA) is 26.3 Å². The Labute approximate surface area is 114 Å². The average molecular weight is 264 g/mol. The molecule has 0 aromatic heterocycles. The maximum atomic E-state index is 13.1. The number of hydrogen-bond donors (Lipinski definition) is 0. The van der Waals surface area contributed by atoms with Crippen LogP contribution in [0.1, 0.15) is 45.1 Å². The molecule has 0 N–H and O–H groups in total. The van der Waals surface area contributed by atoms with Crippen molar-refractivity contribution in [1.82, 2.24) is 0 Å². The Morgan fingerprint density at radius 2 is 2.11 bits per heavy atom. The Balaban J connectivity index is 2.38. The number of halogens is 1. The molecule has 1 aliphatic rings. The van der Waals surface area contributed by atoms with Gasteiger partial charge < -0.3 is 4.74 Å². The Morgan fingerprint density at radius 1 is 1.42 bits per heavy atom. The van der Waals surface area contributed by atoms with Gasteiger partial charge in [-0.05, 0) is 43.4 Å². The summed E-state index contributed by atoms with van der Waals surface area (Å²) in [6.45, 7) is 4.37. The maximum Gasteiger partial charge on any atom is 0.316 e. The van der Waals surface area contributed by atoms with Gasteiger partial charge in [0, 0.05) is 0 Å². The molecule has 0 amide bonds. The fourth-order valence-electron chi connectivity index (χ4n) is 3.15. The largest absolute Gasteiger partial charge is 0.465 e. The Bertz CT molecular complexity index is 441. The summed E-state index contributed by atoms with van der Waals surface area (Å²) in [5.41, 5.74) is 0.306. The van der Waals surface area contributed by atoms with Crippen LogP contribution in [0.3, 0.4) is 0 Å². The van der Waals surface area contributed by atoms with Gasteiger partial charge in [-0.25, -0.2) is 4.39 Å². The summed E-state index contributed by atoms with van der Waals surface area (Å²) in [5, 5.41) is 0. The third-order valence-corrected chi connectivity index (χ3v) is 4.06. The first-order valence-electron chi connectivity index (χ1n) is 7.02. The number of esters is 1. The van der Waals surface area contributed by atoms with Crippen LogP contribution in [-0.4, -0.2) is 12.6 Å². The van der Waals surface area contributed by atoms with Crippen molar-refractivity contribution in [2.45, 2.75) is 44.9 Å². The van der Waals surface area contributed by atoms with Crippen molar-refractivity contribution in [2.24, 2.45) is 5.92 Å². The van der Waals surface area contributed by atoms with Crippen LogP contribution in [0.2, 0.25) is 0 Å². The van der Waals surface area contributed by atoms with E-state index in [9.17, 15) is 9.18 Å². The van der Waals surface area contributed by atoms with Gasteiger partial charge in [-0.15, -0.1) is 0 Å². The predicted molar refractivity (Wildman–Crippen MR) is 72.3 cm³/mol. The number of ether oxygens (including phenoxy) is 1. The van der Waals surface area contributed by atoms with Crippen LogP contribution < -0.4 is 0 Å². The Hall–Kier alpha value is -1.38. The van der Waals surface area contributed by atoms with Crippen molar-refractivity contribution >= 4 is 5.97 Å². The summed E-state index contributed by atoms with van der Waals surface area (Å²) < 4.78 is 18.4. The number of benzene rings is 1. The molecule has 1 saturated carbocycles. The van der Waals surface area contributed by atoms with Gasteiger partial charge in [0.15, 0.2) is 0 Å². The van der Waals surface area contributed by atoms with E-state index >= 15 is 0 Å². The molecule has 0 spiro atoms. The van der Waals surface area contributed by atoms with E-state index in [1.54, 1.807) is 12.1 Å². The van der Waals surface area contributed by atoms with Gasteiger partial charge in [0.25, 0.3) is 0 Å². The first-order valence-corrected chi connectivity index (χ1v) is 7.02. The second-order valence-corrected chi connectivity index (χ2v) is 5.51. The zero-order valence-electron chi connectivity index (χ0n) is 11.6. The quantitative estimate of drug-likeness (QED) is 0.775. The number of carbonyl (C=O) groups is 1. The summed E-state index contributed by atoms with van der Waals surface area (Å²) in [6.07, 6.45) is 3.74. The summed E-state index contributed by atoms with van der Waals surface area (Å²) in [5.74, 6) is 0.0583. The van der Waals surface area contributed by atoms with Crippen molar-refractivity contribution in [3.05, 3.63) is 35.6 Å². The minimum Gasteiger partial charge on any atom is -0.465 e. The third-order valence-electron chi connectivity index (χ3n) is 4.06. The highest BCUT2D eigenvalue weighted by Gasteiger charge is 2.44. The van der Waals surface area contributed by atoms with Crippen molar-refractivity contribution in [1.29, 1.82) is 0 Å². The molecule has 1 aliphatic carbocycles. The molecule has 2 atom stereocenters. The van der Waals surface area contributed by atoms with Crippen molar-refractivity contribution in [2.75, 3.05) is 6.61 Å². The molecule has 1 fully saturated rings. The smallest absolute Gasteiger partial charge is 0.316 e. The fraction of sp³-hybridized carbons (Fsp3) is 0.562. The number of hydrogen-bond acceptors (Lipinski definition) is 2. The van der Waals surface area contributed by atoms with E-state index in [2.05, 4.69) is 6.92 Å². The monoisotopic (exact) mass is 264 g/mol. The minimum atomic E-state index is -0.582. The molecule has 0 radical (unpaired) electrons. The molecule has 2 rings (SSSR count). The number of rotatable bonds is 3. The molecule has 0 heterocycles. The van der Waals surface area contributed by atoms with Crippen LogP contribution in [0.15, 0.2) is 24.3 Å².